The number of carbonyl (C=O) groups is 1. The summed E-state index contributed by atoms with van der Waals surface area (Å²) in [5, 5.41) is 0. The quantitative estimate of drug-likeness (QED) is 0.864. The van der Waals surface area contributed by atoms with Gasteiger partial charge in [-0.15, -0.1) is 0 Å². The number of pyridine rings is 1. The van der Waals surface area contributed by atoms with Crippen LogP contribution in [0.4, 0.5) is 11.5 Å². The lowest BCUT2D eigenvalue weighted by molar-refractivity contribution is 0.0594. The van der Waals surface area contributed by atoms with Gasteiger partial charge in [0.1, 0.15) is 0 Å². The number of nitrogens with zero attached hydrogens (tertiary/aromatic N) is 2. The van der Waals surface area contributed by atoms with Crippen LogP contribution in [0, 0.1) is 5.41 Å². The number of hydrogen-bond donors (Lipinski definition) is 1. The zero-order valence-corrected chi connectivity index (χ0v) is 13.2. The summed E-state index contributed by atoms with van der Waals surface area (Å²) in [4.78, 5) is 18.2. The van der Waals surface area contributed by atoms with Crippen LogP contribution in [0.5, 0.6) is 0 Å². The van der Waals surface area contributed by atoms with E-state index in [-0.39, 0.29) is 0 Å². The molecule has 2 N–H and O–H groups in total. The van der Waals surface area contributed by atoms with Crippen molar-refractivity contribution in [3.8, 4) is 0 Å². The predicted octanol–water partition coefficient (Wildman–Crippen LogP) is 2.86. The van der Waals surface area contributed by atoms with Crippen LogP contribution in [0.15, 0.2) is 12.1 Å². The lowest BCUT2D eigenvalue weighted by Crippen LogP contribution is -2.40. The van der Waals surface area contributed by atoms with E-state index in [2.05, 4.69) is 23.7 Å². The molecule has 0 bridgehead atoms. The third-order valence-electron chi connectivity index (χ3n) is 4.92. The average Bonchev–Trinajstić information content (AvgIpc) is 2.55. The van der Waals surface area contributed by atoms with Gasteiger partial charge >= 0.3 is 5.97 Å². The van der Waals surface area contributed by atoms with E-state index in [1.54, 1.807) is 12.1 Å². The van der Waals surface area contributed by atoms with Gasteiger partial charge in [-0.1, -0.05) is 26.7 Å². The van der Waals surface area contributed by atoms with Gasteiger partial charge in [0.2, 0.25) is 0 Å². The van der Waals surface area contributed by atoms with Gasteiger partial charge in [0.05, 0.1) is 12.8 Å². The standard InChI is InChI=1S/C16H25N3O2/c1-4-16(5-2)8-10-19(11-9-16)14-12(17)6-7-13(18-14)15(20)21-3/h6-7H,4-5,8-11,17H2,1-3H3. The Bertz CT molecular complexity index is 502. The number of anilines is 2. The summed E-state index contributed by atoms with van der Waals surface area (Å²) < 4.78 is 4.73. The first-order chi connectivity index (χ1) is 10.0. The Kier molecular flexibility index (Phi) is 4.70. The zero-order valence-electron chi connectivity index (χ0n) is 13.2. The topological polar surface area (TPSA) is 68.5 Å². The molecule has 1 saturated heterocycles. The number of hydrogen-bond acceptors (Lipinski definition) is 5. The average molecular weight is 291 g/mol. The molecule has 0 radical (unpaired) electrons. The van der Waals surface area contributed by atoms with Crippen molar-refractivity contribution in [2.24, 2.45) is 5.41 Å². The maximum absolute atomic E-state index is 11.6. The van der Waals surface area contributed by atoms with Crippen LogP contribution in [0.25, 0.3) is 0 Å². The number of aromatic nitrogens is 1. The van der Waals surface area contributed by atoms with Gasteiger partial charge in [0.25, 0.3) is 0 Å². The molecule has 1 aromatic heterocycles. The van der Waals surface area contributed by atoms with Crippen molar-refractivity contribution in [3.05, 3.63) is 17.8 Å². The molecule has 1 fully saturated rings. The van der Waals surface area contributed by atoms with Crippen molar-refractivity contribution in [1.82, 2.24) is 4.98 Å². The molecule has 0 amide bonds. The number of ether oxygens (including phenoxy) is 1. The van der Waals surface area contributed by atoms with E-state index in [0.717, 1.165) is 25.9 Å². The summed E-state index contributed by atoms with van der Waals surface area (Å²) in [5.74, 6) is 0.281. The molecular formula is C16H25N3O2. The van der Waals surface area contributed by atoms with E-state index in [0.29, 0.717) is 22.6 Å². The van der Waals surface area contributed by atoms with E-state index in [1.807, 2.05) is 0 Å². The van der Waals surface area contributed by atoms with E-state index in [1.165, 1.54) is 20.0 Å². The summed E-state index contributed by atoms with van der Waals surface area (Å²) in [6.07, 6.45) is 4.71. The molecule has 0 saturated carbocycles. The summed E-state index contributed by atoms with van der Waals surface area (Å²) in [5.41, 5.74) is 7.41. The van der Waals surface area contributed by atoms with Crippen molar-refractivity contribution in [2.75, 3.05) is 30.8 Å². The fraction of sp³-hybridized carbons (Fsp3) is 0.625. The van der Waals surface area contributed by atoms with Gasteiger partial charge < -0.3 is 15.4 Å². The highest BCUT2D eigenvalue weighted by Crippen LogP contribution is 2.39. The Morgan fingerprint density at radius 2 is 1.95 bits per heavy atom. The number of rotatable bonds is 4. The molecule has 0 aliphatic carbocycles. The van der Waals surface area contributed by atoms with Gasteiger partial charge in [-0.2, -0.15) is 0 Å². The summed E-state index contributed by atoms with van der Waals surface area (Å²) in [6, 6.07) is 3.34. The smallest absolute Gasteiger partial charge is 0.356 e. The summed E-state index contributed by atoms with van der Waals surface area (Å²) >= 11 is 0. The fourth-order valence-corrected chi connectivity index (χ4v) is 3.08. The Hall–Kier alpha value is -1.78. The lowest BCUT2D eigenvalue weighted by Gasteiger charge is -2.41. The number of nitrogen functional groups attached to an aromatic ring is 1. The SMILES string of the molecule is CCC1(CC)CCN(c2nc(C(=O)OC)ccc2N)CC1. The van der Waals surface area contributed by atoms with E-state index in [4.69, 9.17) is 10.5 Å². The second-order valence-corrected chi connectivity index (χ2v) is 5.80. The number of nitrogens with two attached hydrogens (primary N) is 1. The molecule has 0 unspecified atom stereocenters. The third-order valence-corrected chi connectivity index (χ3v) is 4.92. The third kappa shape index (κ3) is 3.12. The van der Waals surface area contributed by atoms with Crippen molar-refractivity contribution >= 4 is 17.5 Å². The van der Waals surface area contributed by atoms with Crippen molar-refractivity contribution < 1.29 is 9.53 Å². The van der Waals surface area contributed by atoms with E-state index < -0.39 is 5.97 Å². The van der Waals surface area contributed by atoms with Crippen LogP contribution in [-0.4, -0.2) is 31.2 Å². The molecule has 0 spiro atoms. The largest absolute Gasteiger partial charge is 0.464 e. The van der Waals surface area contributed by atoms with Gasteiger partial charge in [-0.25, -0.2) is 9.78 Å². The highest BCUT2D eigenvalue weighted by molar-refractivity contribution is 5.88. The molecule has 2 heterocycles. The summed E-state index contributed by atoms with van der Waals surface area (Å²) in [6.45, 7) is 6.40. The fourth-order valence-electron chi connectivity index (χ4n) is 3.08. The second kappa shape index (κ2) is 6.33. The van der Waals surface area contributed by atoms with Crippen LogP contribution in [0.3, 0.4) is 0 Å². The molecule has 21 heavy (non-hydrogen) atoms. The molecular weight excluding hydrogens is 266 g/mol. The molecule has 1 aliphatic heterocycles. The Balaban J connectivity index is 2.18. The first kappa shape index (κ1) is 15.6. The van der Waals surface area contributed by atoms with Gasteiger partial charge in [0.15, 0.2) is 11.5 Å². The molecule has 116 valence electrons. The Morgan fingerprint density at radius 1 is 1.33 bits per heavy atom. The minimum atomic E-state index is -0.426. The van der Waals surface area contributed by atoms with Crippen LogP contribution >= 0.6 is 0 Å². The Morgan fingerprint density at radius 3 is 2.48 bits per heavy atom. The number of methoxy groups -OCH3 is 1. The van der Waals surface area contributed by atoms with Crippen LogP contribution in [0.2, 0.25) is 0 Å². The molecule has 1 aliphatic rings. The van der Waals surface area contributed by atoms with Crippen LogP contribution < -0.4 is 10.6 Å². The predicted molar refractivity (Wildman–Crippen MR) is 84.5 cm³/mol. The van der Waals surface area contributed by atoms with E-state index >= 15 is 0 Å². The lowest BCUT2D eigenvalue weighted by atomic mass is 9.74. The van der Waals surface area contributed by atoms with Gasteiger partial charge in [-0.3, -0.25) is 0 Å². The second-order valence-electron chi connectivity index (χ2n) is 5.80. The van der Waals surface area contributed by atoms with Crippen molar-refractivity contribution in [1.29, 1.82) is 0 Å². The zero-order chi connectivity index (χ0) is 15.5. The molecule has 1 aromatic rings. The highest BCUT2D eigenvalue weighted by atomic mass is 16.5. The molecule has 2 rings (SSSR count). The number of carbonyl (C=O) groups excluding carboxylic acids is 1. The van der Waals surface area contributed by atoms with Gasteiger partial charge in [0, 0.05) is 13.1 Å². The normalized spacial score (nSPS) is 17.6. The van der Waals surface area contributed by atoms with Gasteiger partial charge in [-0.05, 0) is 30.4 Å². The Labute approximate surface area is 126 Å². The molecule has 0 atom stereocenters. The number of esters is 1. The molecule has 5 nitrogen and oxygen atoms in total. The van der Waals surface area contributed by atoms with Crippen molar-refractivity contribution in [2.45, 2.75) is 39.5 Å². The van der Waals surface area contributed by atoms with Crippen LogP contribution in [-0.2, 0) is 4.74 Å². The van der Waals surface area contributed by atoms with Crippen LogP contribution in [0.1, 0.15) is 50.0 Å². The van der Waals surface area contributed by atoms with E-state index in [9.17, 15) is 4.79 Å². The number of piperidine rings is 1. The summed E-state index contributed by atoms with van der Waals surface area (Å²) in [7, 11) is 1.36. The maximum atomic E-state index is 11.6. The first-order valence-electron chi connectivity index (χ1n) is 7.65. The first-order valence-corrected chi connectivity index (χ1v) is 7.65. The molecule has 0 aromatic carbocycles. The minimum absolute atomic E-state index is 0.310. The minimum Gasteiger partial charge on any atom is -0.464 e. The maximum Gasteiger partial charge on any atom is 0.356 e. The van der Waals surface area contributed by atoms with Crippen molar-refractivity contribution in [3.63, 3.8) is 0 Å². The highest BCUT2D eigenvalue weighted by Gasteiger charge is 2.32. The monoisotopic (exact) mass is 291 g/mol. The molecule has 5 heteroatoms.